The minimum Gasteiger partial charge on any atom is -0.366 e. The van der Waals surface area contributed by atoms with Crippen molar-refractivity contribution in [2.75, 3.05) is 11.9 Å². The van der Waals surface area contributed by atoms with Crippen molar-refractivity contribution in [1.29, 1.82) is 0 Å². The van der Waals surface area contributed by atoms with Crippen LogP contribution in [0.1, 0.15) is 20.8 Å². The second-order valence-electron chi connectivity index (χ2n) is 5.44. The number of para-hydroxylation sites is 2. The van der Waals surface area contributed by atoms with E-state index in [4.69, 9.17) is 4.74 Å². The number of nitrogens with zero attached hydrogens (tertiary/aromatic N) is 2. The van der Waals surface area contributed by atoms with E-state index in [1.807, 2.05) is 55.8 Å². The Hall–Kier alpha value is -2.14. The van der Waals surface area contributed by atoms with Gasteiger partial charge in [0.15, 0.2) is 0 Å². The van der Waals surface area contributed by atoms with Crippen LogP contribution in [0.5, 0.6) is 0 Å². The van der Waals surface area contributed by atoms with Gasteiger partial charge in [0.25, 0.3) is 0 Å². The molecule has 0 fully saturated rings. The highest BCUT2D eigenvalue weighted by molar-refractivity contribution is 5.93. The third kappa shape index (κ3) is 3.93. The number of amides is 1. The van der Waals surface area contributed by atoms with E-state index in [0.717, 1.165) is 11.4 Å². The van der Waals surface area contributed by atoms with E-state index < -0.39 is 0 Å². The van der Waals surface area contributed by atoms with Crippen molar-refractivity contribution >= 4 is 11.6 Å². The van der Waals surface area contributed by atoms with Gasteiger partial charge < -0.3 is 14.6 Å². The molecule has 1 amide bonds. The second-order valence-corrected chi connectivity index (χ2v) is 5.44. The Balaban J connectivity index is 2.08. The standard InChI is InChI=1S/C15H19N3O2/c1-15(2,3)20-10-14(19)17-12-6-4-5-7-13(12)18-9-8-16-11-18/h4-9,11H,10H2,1-3H3,(H,17,19). The normalized spacial score (nSPS) is 11.3. The fraction of sp³-hybridized carbons (Fsp3) is 0.333. The van der Waals surface area contributed by atoms with Crippen LogP contribution in [0.15, 0.2) is 43.0 Å². The van der Waals surface area contributed by atoms with Gasteiger partial charge in [0.05, 0.1) is 23.3 Å². The number of benzene rings is 1. The zero-order valence-corrected chi connectivity index (χ0v) is 12.0. The molecular weight excluding hydrogens is 254 g/mol. The molecule has 0 bridgehead atoms. The first-order chi connectivity index (χ1) is 9.46. The molecule has 0 unspecified atom stereocenters. The largest absolute Gasteiger partial charge is 0.366 e. The number of carbonyl (C=O) groups excluding carboxylic acids is 1. The maximum Gasteiger partial charge on any atom is 0.250 e. The molecule has 1 N–H and O–H groups in total. The van der Waals surface area contributed by atoms with Crippen molar-refractivity contribution in [2.45, 2.75) is 26.4 Å². The number of rotatable bonds is 4. The van der Waals surface area contributed by atoms with E-state index in [1.165, 1.54) is 0 Å². The average molecular weight is 273 g/mol. The first-order valence-corrected chi connectivity index (χ1v) is 6.47. The van der Waals surface area contributed by atoms with E-state index in [2.05, 4.69) is 10.3 Å². The molecule has 5 heteroatoms. The Morgan fingerprint density at radius 1 is 1.35 bits per heavy atom. The third-order valence-corrected chi connectivity index (χ3v) is 2.60. The zero-order valence-electron chi connectivity index (χ0n) is 12.0. The molecule has 1 heterocycles. The molecule has 0 aliphatic carbocycles. The number of hydrogen-bond donors (Lipinski definition) is 1. The van der Waals surface area contributed by atoms with Crippen molar-refractivity contribution < 1.29 is 9.53 Å². The molecule has 2 aromatic rings. The lowest BCUT2D eigenvalue weighted by molar-refractivity contribution is -0.125. The summed E-state index contributed by atoms with van der Waals surface area (Å²) in [6, 6.07) is 7.56. The summed E-state index contributed by atoms with van der Waals surface area (Å²) in [5.74, 6) is -0.174. The second kappa shape index (κ2) is 5.88. The minimum absolute atomic E-state index is 0.0295. The summed E-state index contributed by atoms with van der Waals surface area (Å²) in [5.41, 5.74) is 1.27. The molecule has 1 aromatic carbocycles. The molecule has 2 rings (SSSR count). The molecule has 0 aliphatic rings. The van der Waals surface area contributed by atoms with Crippen LogP contribution in [0.4, 0.5) is 5.69 Å². The average Bonchev–Trinajstić information content (AvgIpc) is 2.90. The van der Waals surface area contributed by atoms with E-state index in [0.29, 0.717) is 0 Å². The Bertz CT molecular complexity index is 571. The quantitative estimate of drug-likeness (QED) is 0.931. The van der Waals surface area contributed by atoms with Crippen LogP contribution < -0.4 is 5.32 Å². The first kappa shape index (κ1) is 14.3. The van der Waals surface area contributed by atoms with E-state index in [9.17, 15) is 4.79 Å². The van der Waals surface area contributed by atoms with Crippen LogP contribution in [0, 0.1) is 0 Å². The smallest absolute Gasteiger partial charge is 0.250 e. The molecule has 106 valence electrons. The summed E-state index contributed by atoms with van der Waals surface area (Å²) in [7, 11) is 0. The van der Waals surface area contributed by atoms with Crippen molar-refractivity contribution in [3.05, 3.63) is 43.0 Å². The SMILES string of the molecule is CC(C)(C)OCC(=O)Nc1ccccc1-n1ccnc1. The van der Waals surface area contributed by atoms with Crippen LogP contribution in [0.25, 0.3) is 5.69 Å². The number of hydrogen-bond acceptors (Lipinski definition) is 3. The summed E-state index contributed by atoms with van der Waals surface area (Å²) >= 11 is 0. The van der Waals surface area contributed by atoms with Gasteiger partial charge in [0.2, 0.25) is 5.91 Å². The molecule has 1 aromatic heterocycles. The number of ether oxygens (including phenoxy) is 1. The zero-order chi connectivity index (χ0) is 14.6. The molecule has 0 spiro atoms. The predicted molar refractivity (Wildman–Crippen MR) is 77.9 cm³/mol. The van der Waals surface area contributed by atoms with Gasteiger partial charge in [-0.2, -0.15) is 0 Å². The van der Waals surface area contributed by atoms with Crippen LogP contribution >= 0.6 is 0 Å². The van der Waals surface area contributed by atoms with Gasteiger partial charge >= 0.3 is 0 Å². The van der Waals surface area contributed by atoms with Crippen LogP contribution in [0.2, 0.25) is 0 Å². The lowest BCUT2D eigenvalue weighted by atomic mass is 10.2. The lowest BCUT2D eigenvalue weighted by Crippen LogP contribution is -2.27. The monoisotopic (exact) mass is 273 g/mol. The number of aromatic nitrogens is 2. The topological polar surface area (TPSA) is 56.1 Å². The van der Waals surface area contributed by atoms with Crippen molar-refractivity contribution in [2.24, 2.45) is 0 Å². The molecule has 0 saturated carbocycles. The minimum atomic E-state index is -0.332. The molecule has 5 nitrogen and oxygen atoms in total. The van der Waals surface area contributed by atoms with E-state index in [1.54, 1.807) is 12.5 Å². The van der Waals surface area contributed by atoms with Crippen LogP contribution in [-0.2, 0) is 9.53 Å². The summed E-state index contributed by atoms with van der Waals surface area (Å²) in [6.45, 7) is 5.78. The van der Waals surface area contributed by atoms with Gasteiger partial charge in [-0.1, -0.05) is 12.1 Å². The van der Waals surface area contributed by atoms with Gasteiger partial charge in [-0.05, 0) is 32.9 Å². The molecule has 20 heavy (non-hydrogen) atoms. The van der Waals surface area contributed by atoms with Gasteiger partial charge in [0.1, 0.15) is 6.61 Å². The maximum atomic E-state index is 11.9. The van der Waals surface area contributed by atoms with Crippen LogP contribution in [-0.4, -0.2) is 27.7 Å². The molecule has 0 saturated heterocycles. The number of anilines is 1. The highest BCUT2D eigenvalue weighted by Gasteiger charge is 2.14. The molecule has 0 atom stereocenters. The van der Waals surface area contributed by atoms with Crippen molar-refractivity contribution in [3.63, 3.8) is 0 Å². The highest BCUT2D eigenvalue weighted by atomic mass is 16.5. The van der Waals surface area contributed by atoms with Gasteiger partial charge in [-0.25, -0.2) is 4.98 Å². The van der Waals surface area contributed by atoms with E-state index >= 15 is 0 Å². The predicted octanol–water partition coefficient (Wildman–Crippen LogP) is 2.63. The maximum absolute atomic E-state index is 11.9. The van der Waals surface area contributed by atoms with E-state index in [-0.39, 0.29) is 18.1 Å². The summed E-state index contributed by atoms with van der Waals surface area (Å²) in [4.78, 5) is 15.9. The van der Waals surface area contributed by atoms with Crippen molar-refractivity contribution in [1.82, 2.24) is 9.55 Å². The van der Waals surface area contributed by atoms with Gasteiger partial charge in [-0.15, -0.1) is 0 Å². The van der Waals surface area contributed by atoms with Gasteiger partial charge in [-0.3, -0.25) is 4.79 Å². The molecular formula is C15H19N3O2. The Kier molecular flexibility index (Phi) is 4.20. The van der Waals surface area contributed by atoms with Crippen LogP contribution in [0.3, 0.4) is 0 Å². The molecule has 0 radical (unpaired) electrons. The highest BCUT2D eigenvalue weighted by Crippen LogP contribution is 2.19. The van der Waals surface area contributed by atoms with Crippen molar-refractivity contribution in [3.8, 4) is 5.69 Å². The Morgan fingerprint density at radius 2 is 2.10 bits per heavy atom. The Labute approximate surface area is 118 Å². The fourth-order valence-corrected chi connectivity index (χ4v) is 1.67. The van der Waals surface area contributed by atoms with Gasteiger partial charge in [0, 0.05) is 12.4 Å². The summed E-state index contributed by atoms with van der Waals surface area (Å²) in [5, 5.41) is 2.86. The fourth-order valence-electron chi connectivity index (χ4n) is 1.67. The molecule has 0 aliphatic heterocycles. The first-order valence-electron chi connectivity index (χ1n) is 6.47. The summed E-state index contributed by atoms with van der Waals surface area (Å²) in [6.07, 6.45) is 5.22. The summed E-state index contributed by atoms with van der Waals surface area (Å²) < 4.78 is 7.31. The third-order valence-electron chi connectivity index (χ3n) is 2.60. The number of carbonyl (C=O) groups is 1. The lowest BCUT2D eigenvalue weighted by Gasteiger charge is -2.19. The Morgan fingerprint density at radius 3 is 2.75 bits per heavy atom. The number of imidazole rings is 1. The number of nitrogens with one attached hydrogen (secondary N) is 1.